The van der Waals surface area contributed by atoms with Gasteiger partial charge in [0.15, 0.2) is 11.6 Å². The van der Waals surface area contributed by atoms with E-state index < -0.39 is 0 Å². The molecule has 0 amide bonds. The predicted molar refractivity (Wildman–Crippen MR) is 65.8 cm³/mol. The van der Waals surface area contributed by atoms with Crippen molar-refractivity contribution in [2.75, 3.05) is 0 Å². The first-order chi connectivity index (χ1) is 7.41. The molecule has 0 fully saturated rings. The number of allylic oxidation sites excluding steroid dienone is 1. The fraction of sp³-hybridized carbons (Fsp3) is 0.167. The Kier molecular flexibility index (Phi) is 4.27. The van der Waals surface area contributed by atoms with E-state index >= 15 is 0 Å². The van der Waals surface area contributed by atoms with Crippen molar-refractivity contribution >= 4 is 40.8 Å². The van der Waals surface area contributed by atoms with Gasteiger partial charge in [-0.3, -0.25) is 9.59 Å². The molecule has 0 saturated carbocycles. The topological polar surface area (TPSA) is 34.1 Å². The Hall–Kier alpha value is -1.12. The zero-order valence-corrected chi connectivity index (χ0v) is 10.4. The van der Waals surface area contributed by atoms with Gasteiger partial charge in [-0.1, -0.05) is 29.3 Å². The molecule has 0 spiro atoms. The fourth-order valence-electron chi connectivity index (χ4n) is 1.22. The maximum Gasteiger partial charge on any atom is 0.163 e. The number of Topliss-reactive ketones (excluding diaryl/α,β-unsaturated/α-hetero) is 2. The summed E-state index contributed by atoms with van der Waals surface area (Å²) in [5, 5.41) is 0.827. The Bertz CT molecular complexity index is 460. The third-order valence-corrected chi connectivity index (χ3v) is 2.75. The van der Waals surface area contributed by atoms with Crippen LogP contribution >= 0.6 is 23.2 Å². The highest BCUT2D eigenvalue weighted by molar-refractivity contribution is 6.42. The lowest BCUT2D eigenvalue weighted by atomic mass is 10.0. The Balaban J connectivity index is 3.18. The second kappa shape index (κ2) is 5.28. The molecule has 1 aromatic rings. The van der Waals surface area contributed by atoms with Crippen LogP contribution in [-0.2, 0) is 9.59 Å². The van der Waals surface area contributed by atoms with Crippen molar-refractivity contribution in [1.29, 1.82) is 0 Å². The van der Waals surface area contributed by atoms with Gasteiger partial charge < -0.3 is 0 Å². The van der Waals surface area contributed by atoms with Crippen LogP contribution < -0.4 is 0 Å². The number of hydrogen-bond donors (Lipinski definition) is 0. The van der Waals surface area contributed by atoms with Crippen LogP contribution in [0.4, 0.5) is 0 Å². The third kappa shape index (κ3) is 3.19. The van der Waals surface area contributed by atoms with E-state index in [1.807, 2.05) is 0 Å². The summed E-state index contributed by atoms with van der Waals surface area (Å²) in [6, 6.07) is 4.92. The van der Waals surface area contributed by atoms with Gasteiger partial charge >= 0.3 is 0 Å². The lowest BCUT2D eigenvalue weighted by Gasteiger charge is -2.01. The van der Waals surface area contributed by atoms with Crippen LogP contribution in [0.3, 0.4) is 0 Å². The van der Waals surface area contributed by atoms with Crippen LogP contribution in [-0.4, -0.2) is 11.6 Å². The largest absolute Gasteiger partial charge is 0.294 e. The van der Waals surface area contributed by atoms with Gasteiger partial charge in [-0.15, -0.1) is 0 Å². The van der Waals surface area contributed by atoms with Crippen LogP contribution in [0, 0.1) is 0 Å². The quantitative estimate of drug-likeness (QED) is 0.471. The highest BCUT2D eigenvalue weighted by Crippen LogP contribution is 2.23. The Morgan fingerprint density at radius 2 is 1.62 bits per heavy atom. The van der Waals surface area contributed by atoms with E-state index in [0.29, 0.717) is 15.6 Å². The average molecular weight is 257 g/mol. The molecule has 0 aliphatic rings. The first-order valence-corrected chi connectivity index (χ1v) is 5.36. The number of halogens is 2. The third-order valence-electron chi connectivity index (χ3n) is 2.01. The van der Waals surface area contributed by atoms with E-state index in [4.69, 9.17) is 23.2 Å². The van der Waals surface area contributed by atoms with Crippen molar-refractivity contribution < 1.29 is 9.59 Å². The molecule has 0 aliphatic carbocycles. The molecule has 0 heterocycles. The van der Waals surface area contributed by atoms with Gasteiger partial charge in [0.2, 0.25) is 0 Å². The smallest absolute Gasteiger partial charge is 0.163 e. The minimum atomic E-state index is -0.265. The lowest BCUT2D eigenvalue weighted by molar-refractivity contribution is -0.119. The van der Waals surface area contributed by atoms with Crippen molar-refractivity contribution in [3.05, 3.63) is 39.4 Å². The Labute approximate surface area is 104 Å². The summed E-state index contributed by atoms with van der Waals surface area (Å²) in [5.74, 6) is -0.530. The standard InChI is InChI=1S/C12H10Cl2O2/c1-7(15)10(8(2)16)5-9-3-4-11(13)12(14)6-9/h3-6H,1-2H3. The zero-order chi connectivity index (χ0) is 12.3. The molecular weight excluding hydrogens is 247 g/mol. The summed E-state index contributed by atoms with van der Waals surface area (Å²) < 4.78 is 0. The second-order valence-electron chi connectivity index (χ2n) is 3.34. The maximum atomic E-state index is 11.2. The molecule has 84 valence electrons. The summed E-state index contributed by atoms with van der Waals surface area (Å²) in [6.07, 6.45) is 1.51. The summed E-state index contributed by atoms with van der Waals surface area (Å²) in [7, 11) is 0. The minimum Gasteiger partial charge on any atom is -0.294 e. The van der Waals surface area contributed by atoms with Crippen molar-refractivity contribution in [3.63, 3.8) is 0 Å². The van der Waals surface area contributed by atoms with E-state index in [1.54, 1.807) is 18.2 Å². The van der Waals surface area contributed by atoms with Crippen molar-refractivity contribution in [2.45, 2.75) is 13.8 Å². The summed E-state index contributed by atoms with van der Waals surface area (Å²) in [5.41, 5.74) is 0.827. The molecule has 1 rings (SSSR count). The molecule has 0 aromatic heterocycles. The monoisotopic (exact) mass is 256 g/mol. The zero-order valence-electron chi connectivity index (χ0n) is 8.88. The minimum absolute atomic E-state index is 0.151. The van der Waals surface area contributed by atoms with E-state index in [-0.39, 0.29) is 17.1 Å². The van der Waals surface area contributed by atoms with E-state index in [2.05, 4.69) is 0 Å². The highest BCUT2D eigenvalue weighted by Gasteiger charge is 2.09. The van der Waals surface area contributed by atoms with Crippen LogP contribution in [0.5, 0.6) is 0 Å². The fourth-order valence-corrected chi connectivity index (χ4v) is 1.53. The van der Waals surface area contributed by atoms with E-state index in [0.717, 1.165) is 0 Å². The number of carbonyl (C=O) groups excluding carboxylic acids is 2. The Morgan fingerprint density at radius 3 is 2.06 bits per heavy atom. The molecule has 1 aromatic carbocycles. The van der Waals surface area contributed by atoms with Crippen LogP contribution in [0.1, 0.15) is 19.4 Å². The van der Waals surface area contributed by atoms with Crippen LogP contribution in [0.25, 0.3) is 6.08 Å². The van der Waals surface area contributed by atoms with E-state index in [9.17, 15) is 9.59 Å². The SMILES string of the molecule is CC(=O)C(=Cc1ccc(Cl)c(Cl)c1)C(C)=O. The van der Waals surface area contributed by atoms with Crippen molar-refractivity contribution in [3.8, 4) is 0 Å². The van der Waals surface area contributed by atoms with E-state index in [1.165, 1.54) is 19.9 Å². The lowest BCUT2D eigenvalue weighted by Crippen LogP contribution is -2.05. The molecule has 0 bridgehead atoms. The van der Waals surface area contributed by atoms with Gasteiger partial charge in [0.1, 0.15) is 0 Å². The number of carbonyl (C=O) groups is 2. The maximum absolute atomic E-state index is 11.2. The van der Waals surface area contributed by atoms with Gasteiger partial charge in [0.25, 0.3) is 0 Å². The molecule has 0 saturated heterocycles. The molecular formula is C12H10Cl2O2. The molecule has 0 aliphatic heterocycles. The van der Waals surface area contributed by atoms with Crippen LogP contribution in [0.15, 0.2) is 23.8 Å². The number of ketones is 2. The predicted octanol–water partition coefficient (Wildman–Crippen LogP) is 3.55. The summed E-state index contributed by atoms with van der Waals surface area (Å²) in [4.78, 5) is 22.4. The second-order valence-corrected chi connectivity index (χ2v) is 4.16. The van der Waals surface area contributed by atoms with Gasteiger partial charge in [-0.2, -0.15) is 0 Å². The van der Waals surface area contributed by atoms with Gasteiger partial charge in [0, 0.05) is 0 Å². The molecule has 0 unspecified atom stereocenters. The molecule has 16 heavy (non-hydrogen) atoms. The highest BCUT2D eigenvalue weighted by atomic mass is 35.5. The summed E-state index contributed by atoms with van der Waals surface area (Å²) in [6.45, 7) is 2.70. The average Bonchev–Trinajstić information content (AvgIpc) is 2.18. The van der Waals surface area contributed by atoms with Gasteiger partial charge in [-0.25, -0.2) is 0 Å². The van der Waals surface area contributed by atoms with Gasteiger partial charge in [-0.05, 0) is 37.6 Å². The molecule has 2 nitrogen and oxygen atoms in total. The van der Waals surface area contributed by atoms with Crippen molar-refractivity contribution in [1.82, 2.24) is 0 Å². The number of benzene rings is 1. The number of hydrogen-bond acceptors (Lipinski definition) is 2. The molecule has 4 heteroatoms. The normalized spacial score (nSPS) is 9.75. The summed E-state index contributed by atoms with van der Waals surface area (Å²) >= 11 is 11.6. The molecule has 0 N–H and O–H groups in total. The first kappa shape index (κ1) is 12.9. The molecule has 0 radical (unpaired) electrons. The van der Waals surface area contributed by atoms with Crippen LogP contribution in [0.2, 0.25) is 10.0 Å². The van der Waals surface area contributed by atoms with Gasteiger partial charge in [0.05, 0.1) is 15.6 Å². The molecule has 0 atom stereocenters. The number of rotatable bonds is 3. The van der Waals surface area contributed by atoms with Crippen molar-refractivity contribution in [2.24, 2.45) is 0 Å². The first-order valence-electron chi connectivity index (χ1n) is 4.60. The Morgan fingerprint density at radius 1 is 1.06 bits per heavy atom.